The Morgan fingerprint density at radius 1 is 1.28 bits per heavy atom. The number of rotatable bonds is 5. The van der Waals surface area contributed by atoms with Crippen LogP contribution in [0.25, 0.3) is 0 Å². The van der Waals surface area contributed by atoms with E-state index in [1.54, 1.807) is 13.8 Å². The van der Waals surface area contributed by atoms with Crippen molar-refractivity contribution in [2.45, 2.75) is 51.7 Å². The molecule has 2 N–H and O–H groups in total. The van der Waals surface area contributed by atoms with E-state index in [2.05, 4.69) is 10.6 Å². The lowest BCUT2D eigenvalue weighted by Gasteiger charge is -2.28. The Kier molecular flexibility index (Phi) is 5.26. The van der Waals surface area contributed by atoms with Crippen molar-refractivity contribution < 1.29 is 19.1 Å². The van der Waals surface area contributed by atoms with Crippen molar-refractivity contribution in [1.29, 1.82) is 0 Å². The highest BCUT2D eigenvalue weighted by atomic mass is 16.5. The van der Waals surface area contributed by atoms with E-state index in [0.717, 1.165) is 24.2 Å². The number of ether oxygens (including phenoxy) is 2. The lowest BCUT2D eigenvalue weighted by atomic mass is 9.95. The quantitative estimate of drug-likeness (QED) is 0.804. The predicted molar refractivity (Wildman–Crippen MR) is 93.1 cm³/mol. The first-order valence-corrected chi connectivity index (χ1v) is 8.80. The van der Waals surface area contributed by atoms with Crippen LogP contribution in [0.3, 0.4) is 0 Å². The second kappa shape index (κ2) is 7.59. The number of esters is 1. The fraction of sp³-hybridized carbons (Fsp3) is 0.474. The highest BCUT2D eigenvalue weighted by molar-refractivity contribution is 5.95. The molecule has 1 aliphatic heterocycles. The molecule has 1 unspecified atom stereocenters. The Labute approximate surface area is 147 Å². The van der Waals surface area contributed by atoms with Gasteiger partial charge in [-0.2, -0.15) is 0 Å². The van der Waals surface area contributed by atoms with Gasteiger partial charge >= 0.3 is 12.0 Å². The monoisotopic (exact) mass is 344 g/mol. The summed E-state index contributed by atoms with van der Waals surface area (Å²) in [5.74, 6) is 0.331. The van der Waals surface area contributed by atoms with Gasteiger partial charge in [-0.05, 0) is 57.2 Å². The van der Waals surface area contributed by atoms with Crippen LogP contribution in [0.1, 0.15) is 51.1 Å². The van der Waals surface area contributed by atoms with Gasteiger partial charge in [0.2, 0.25) is 0 Å². The summed E-state index contributed by atoms with van der Waals surface area (Å²) >= 11 is 0. The fourth-order valence-electron chi connectivity index (χ4n) is 3.39. The van der Waals surface area contributed by atoms with Gasteiger partial charge in [0, 0.05) is 5.70 Å². The highest BCUT2D eigenvalue weighted by Crippen LogP contribution is 2.31. The molecule has 1 aromatic carbocycles. The van der Waals surface area contributed by atoms with Crippen molar-refractivity contribution in [2.24, 2.45) is 0 Å². The van der Waals surface area contributed by atoms with Crippen LogP contribution in [0.15, 0.2) is 35.5 Å². The Balaban J connectivity index is 1.88. The van der Waals surface area contributed by atoms with Crippen molar-refractivity contribution in [3.63, 3.8) is 0 Å². The minimum Gasteiger partial charge on any atom is -0.490 e. The summed E-state index contributed by atoms with van der Waals surface area (Å²) in [5, 5.41) is 5.45. The van der Waals surface area contributed by atoms with Gasteiger partial charge in [-0.25, -0.2) is 9.59 Å². The van der Waals surface area contributed by atoms with Gasteiger partial charge in [0.25, 0.3) is 0 Å². The molecule has 6 nitrogen and oxygen atoms in total. The van der Waals surface area contributed by atoms with E-state index in [9.17, 15) is 9.59 Å². The predicted octanol–water partition coefficient (Wildman–Crippen LogP) is 3.20. The molecule has 2 aliphatic rings. The number of amides is 2. The van der Waals surface area contributed by atoms with Crippen molar-refractivity contribution in [2.75, 3.05) is 6.61 Å². The van der Waals surface area contributed by atoms with Gasteiger partial charge in [-0.3, -0.25) is 0 Å². The van der Waals surface area contributed by atoms with Crippen molar-refractivity contribution >= 4 is 12.0 Å². The number of hydrogen-bond donors (Lipinski definition) is 2. The van der Waals surface area contributed by atoms with Gasteiger partial charge in [-0.1, -0.05) is 12.1 Å². The average molecular weight is 344 g/mol. The molecule has 0 bridgehead atoms. The lowest BCUT2D eigenvalue weighted by Crippen LogP contribution is -2.45. The first-order valence-electron chi connectivity index (χ1n) is 8.80. The first-order chi connectivity index (χ1) is 12.1. The summed E-state index contributed by atoms with van der Waals surface area (Å²) in [6.45, 7) is 3.74. The van der Waals surface area contributed by atoms with Crippen LogP contribution in [0.4, 0.5) is 4.79 Å². The molecular weight excluding hydrogens is 320 g/mol. The highest BCUT2D eigenvalue weighted by Gasteiger charge is 2.32. The number of carbonyl (C=O) groups is 2. The van der Waals surface area contributed by atoms with Crippen LogP contribution in [-0.2, 0) is 9.53 Å². The summed E-state index contributed by atoms with van der Waals surface area (Å²) in [4.78, 5) is 24.3. The van der Waals surface area contributed by atoms with Crippen LogP contribution < -0.4 is 15.4 Å². The number of carbonyl (C=O) groups excluding carboxylic acids is 2. The van der Waals surface area contributed by atoms with E-state index >= 15 is 0 Å². The molecule has 134 valence electrons. The van der Waals surface area contributed by atoms with Crippen LogP contribution in [0, 0.1) is 0 Å². The van der Waals surface area contributed by atoms with Crippen LogP contribution in [-0.4, -0.2) is 24.7 Å². The normalized spacial score (nSPS) is 20.9. The molecule has 3 rings (SSSR count). The molecule has 0 saturated heterocycles. The molecule has 25 heavy (non-hydrogen) atoms. The zero-order chi connectivity index (χ0) is 17.8. The summed E-state index contributed by atoms with van der Waals surface area (Å²) < 4.78 is 11.2. The Hall–Kier alpha value is -2.50. The van der Waals surface area contributed by atoms with Crippen molar-refractivity contribution in [3.05, 3.63) is 41.1 Å². The molecule has 1 aromatic rings. The maximum absolute atomic E-state index is 12.4. The number of benzene rings is 1. The zero-order valence-electron chi connectivity index (χ0n) is 14.6. The zero-order valence-corrected chi connectivity index (χ0v) is 14.6. The van der Waals surface area contributed by atoms with E-state index in [0.29, 0.717) is 11.3 Å². The topological polar surface area (TPSA) is 76.7 Å². The van der Waals surface area contributed by atoms with E-state index in [4.69, 9.17) is 9.47 Å². The van der Waals surface area contributed by atoms with Crippen LogP contribution in [0.5, 0.6) is 5.75 Å². The van der Waals surface area contributed by atoms with E-state index < -0.39 is 12.0 Å². The molecule has 0 radical (unpaired) electrons. The molecule has 1 aliphatic carbocycles. The third-order valence-corrected chi connectivity index (χ3v) is 4.56. The lowest BCUT2D eigenvalue weighted by molar-refractivity contribution is -0.139. The van der Waals surface area contributed by atoms with E-state index in [1.165, 1.54) is 12.8 Å². The summed E-state index contributed by atoms with van der Waals surface area (Å²) in [6, 6.07) is 6.67. The smallest absolute Gasteiger partial charge is 0.338 e. The largest absolute Gasteiger partial charge is 0.490 e. The minimum absolute atomic E-state index is 0.250. The fourth-order valence-corrected chi connectivity index (χ4v) is 3.39. The average Bonchev–Trinajstić information content (AvgIpc) is 3.07. The maximum atomic E-state index is 12.4. The van der Waals surface area contributed by atoms with E-state index in [-0.39, 0.29) is 18.7 Å². The molecule has 2 amide bonds. The van der Waals surface area contributed by atoms with Crippen LogP contribution >= 0.6 is 0 Å². The molecule has 1 fully saturated rings. The van der Waals surface area contributed by atoms with Gasteiger partial charge in [0.05, 0.1) is 24.3 Å². The molecule has 1 saturated carbocycles. The molecule has 0 aromatic heterocycles. The maximum Gasteiger partial charge on any atom is 0.338 e. The first kappa shape index (κ1) is 17.3. The standard InChI is InChI=1S/C19H24N2O4/c1-3-24-18(22)16-12(2)20-19(23)21-17(16)13-7-6-10-15(11-13)25-14-8-4-5-9-14/h6-7,10-11,14,17H,3-5,8-9H2,1-2H3,(H2,20,21,23). The summed E-state index contributed by atoms with van der Waals surface area (Å²) in [5.41, 5.74) is 1.72. The van der Waals surface area contributed by atoms with Gasteiger partial charge in [-0.15, -0.1) is 0 Å². The van der Waals surface area contributed by atoms with Gasteiger partial charge < -0.3 is 20.1 Å². The third-order valence-electron chi connectivity index (χ3n) is 4.56. The van der Waals surface area contributed by atoms with Gasteiger partial charge in [0.1, 0.15) is 5.75 Å². The summed E-state index contributed by atoms with van der Waals surface area (Å²) in [7, 11) is 0. The molecule has 0 spiro atoms. The van der Waals surface area contributed by atoms with Crippen LogP contribution in [0.2, 0.25) is 0 Å². The SMILES string of the molecule is CCOC(=O)C1=C(C)NC(=O)NC1c1cccc(OC2CCCC2)c1. The van der Waals surface area contributed by atoms with Gasteiger partial charge in [0.15, 0.2) is 0 Å². The third kappa shape index (κ3) is 3.95. The molecule has 1 atom stereocenters. The second-order valence-electron chi connectivity index (χ2n) is 6.39. The minimum atomic E-state index is -0.556. The number of hydrogen-bond acceptors (Lipinski definition) is 4. The number of nitrogens with one attached hydrogen (secondary N) is 2. The van der Waals surface area contributed by atoms with E-state index in [1.807, 2.05) is 24.3 Å². The Bertz CT molecular complexity index is 692. The Morgan fingerprint density at radius 3 is 2.76 bits per heavy atom. The Morgan fingerprint density at radius 2 is 2.04 bits per heavy atom. The molecule has 1 heterocycles. The second-order valence-corrected chi connectivity index (χ2v) is 6.39. The van der Waals surface area contributed by atoms with Crippen molar-refractivity contribution in [3.8, 4) is 5.75 Å². The molecular formula is C19H24N2O4. The number of urea groups is 1. The number of allylic oxidation sites excluding steroid dienone is 1. The molecule has 6 heteroatoms. The summed E-state index contributed by atoms with van der Waals surface area (Å²) in [6.07, 6.45) is 4.79. The van der Waals surface area contributed by atoms with Crippen molar-refractivity contribution in [1.82, 2.24) is 10.6 Å².